The maximum absolute atomic E-state index is 5.94. The van der Waals surface area contributed by atoms with Crippen LogP contribution in [0.1, 0.15) is 23.4 Å². The number of halogens is 1. The van der Waals surface area contributed by atoms with E-state index in [9.17, 15) is 0 Å². The highest BCUT2D eigenvalue weighted by Crippen LogP contribution is 2.29. The number of hydrogen-bond acceptors (Lipinski definition) is 4. The van der Waals surface area contributed by atoms with Gasteiger partial charge in [0.25, 0.3) is 0 Å². The molecule has 0 bridgehead atoms. The molecule has 0 aliphatic carbocycles. The minimum atomic E-state index is 0.186. The second kappa shape index (κ2) is 7.69. The van der Waals surface area contributed by atoms with Gasteiger partial charge < -0.3 is 14.8 Å². The first-order valence-electron chi connectivity index (χ1n) is 6.83. The molecule has 2 aromatic rings. The Labute approximate surface area is 134 Å². The number of benzene rings is 1. The summed E-state index contributed by atoms with van der Waals surface area (Å²) in [7, 11) is 3.36. The molecule has 0 fully saturated rings. The summed E-state index contributed by atoms with van der Waals surface area (Å²) >= 11 is 7.57. The Morgan fingerprint density at radius 1 is 1.19 bits per heavy atom. The summed E-state index contributed by atoms with van der Waals surface area (Å²) in [5.74, 6) is 1.71. The molecule has 0 aliphatic rings. The molecule has 0 spiro atoms. The average Bonchev–Trinajstić information content (AvgIpc) is 2.91. The predicted molar refractivity (Wildman–Crippen MR) is 89.0 cm³/mol. The molecule has 0 amide bonds. The number of ether oxygens (including phenoxy) is 2. The predicted octanol–water partition coefficient (Wildman–Crippen LogP) is 4.31. The number of hydrogen-bond donors (Lipinski definition) is 1. The molecule has 5 heteroatoms. The fourth-order valence-corrected chi connectivity index (χ4v) is 3.27. The second-order valence-corrected chi connectivity index (χ2v) is 6.54. The summed E-state index contributed by atoms with van der Waals surface area (Å²) in [5, 5.41) is 3.51. The highest BCUT2D eigenvalue weighted by atomic mass is 35.5. The standard InChI is InChI=1S/C16H20ClNO2S/c1-11(18-9-8-13-5-7-16(17)21-13)14-10-12(19-2)4-6-15(14)20-3/h4-7,10-11,18H,8-9H2,1-3H3. The van der Waals surface area contributed by atoms with Crippen molar-refractivity contribution in [3.8, 4) is 11.5 Å². The van der Waals surface area contributed by atoms with Crippen LogP contribution in [0, 0.1) is 0 Å². The van der Waals surface area contributed by atoms with Gasteiger partial charge in [-0.1, -0.05) is 11.6 Å². The molecule has 1 aromatic heterocycles. The van der Waals surface area contributed by atoms with Crippen molar-refractivity contribution in [3.63, 3.8) is 0 Å². The zero-order valence-corrected chi connectivity index (χ0v) is 14.1. The van der Waals surface area contributed by atoms with Crippen LogP contribution in [-0.2, 0) is 6.42 Å². The lowest BCUT2D eigenvalue weighted by molar-refractivity contribution is 0.392. The molecule has 0 saturated carbocycles. The second-order valence-electron chi connectivity index (χ2n) is 4.74. The number of thiophene rings is 1. The molecule has 114 valence electrons. The third-order valence-corrected chi connectivity index (χ3v) is 4.65. The smallest absolute Gasteiger partial charge is 0.123 e. The van der Waals surface area contributed by atoms with Crippen LogP contribution in [0.25, 0.3) is 0 Å². The van der Waals surface area contributed by atoms with E-state index in [1.807, 2.05) is 24.3 Å². The van der Waals surface area contributed by atoms with E-state index in [1.165, 1.54) is 4.88 Å². The van der Waals surface area contributed by atoms with Crippen molar-refractivity contribution in [2.75, 3.05) is 20.8 Å². The Balaban J connectivity index is 1.97. The summed E-state index contributed by atoms with van der Waals surface area (Å²) in [4.78, 5) is 1.29. The van der Waals surface area contributed by atoms with Crippen LogP contribution in [0.5, 0.6) is 11.5 Å². The van der Waals surface area contributed by atoms with E-state index in [-0.39, 0.29) is 6.04 Å². The van der Waals surface area contributed by atoms with Gasteiger partial charge in [0.2, 0.25) is 0 Å². The Morgan fingerprint density at radius 3 is 2.62 bits per heavy atom. The van der Waals surface area contributed by atoms with Crippen LogP contribution in [-0.4, -0.2) is 20.8 Å². The van der Waals surface area contributed by atoms with Crippen LogP contribution in [0.3, 0.4) is 0 Å². The highest BCUT2D eigenvalue weighted by Gasteiger charge is 2.12. The summed E-state index contributed by atoms with van der Waals surface area (Å²) in [6.07, 6.45) is 0.966. The van der Waals surface area contributed by atoms with E-state index in [0.717, 1.165) is 34.4 Å². The molecule has 1 unspecified atom stereocenters. The van der Waals surface area contributed by atoms with Gasteiger partial charge >= 0.3 is 0 Å². The lowest BCUT2D eigenvalue weighted by atomic mass is 10.1. The van der Waals surface area contributed by atoms with Gasteiger partial charge in [-0.3, -0.25) is 0 Å². The van der Waals surface area contributed by atoms with Gasteiger partial charge in [0, 0.05) is 23.0 Å². The SMILES string of the molecule is COc1ccc(OC)c(C(C)NCCc2ccc(Cl)s2)c1. The zero-order valence-electron chi connectivity index (χ0n) is 12.5. The van der Waals surface area contributed by atoms with E-state index in [0.29, 0.717) is 0 Å². The molecule has 1 atom stereocenters. The monoisotopic (exact) mass is 325 g/mol. The first-order valence-corrected chi connectivity index (χ1v) is 8.03. The third-order valence-electron chi connectivity index (χ3n) is 3.35. The first-order chi connectivity index (χ1) is 10.1. The van der Waals surface area contributed by atoms with Crippen molar-refractivity contribution in [1.29, 1.82) is 0 Å². The van der Waals surface area contributed by atoms with Gasteiger partial charge in [0.05, 0.1) is 18.6 Å². The highest BCUT2D eigenvalue weighted by molar-refractivity contribution is 7.16. The quantitative estimate of drug-likeness (QED) is 0.822. The lowest BCUT2D eigenvalue weighted by Crippen LogP contribution is -2.21. The Hall–Kier alpha value is -1.23. The minimum Gasteiger partial charge on any atom is -0.497 e. The van der Waals surface area contributed by atoms with E-state index >= 15 is 0 Å². The van der Waals surface area contributed by atoms with Crippen LogP contribution < -0.4 is 14.8 Å². The van der Waals surface area contributed by atoms with Crippen molar-refractivity contribution in [3.05, 3.63) is 45.1 Å². The van der Waals surface area contributed by atoms with Gasteiger partial charge in [-0.05, 0) is 43.7 Å². The number of nitrogens with one attached hydrogen (secondary N) is 1. The molecule has 21 heavy (non-hydrogen) atoms. The molecule has 1 aromatic carbocycles. The summed E-state index contributed by atoms with van der Waals surface area (Å²) < 4.78 is 11.5. The number of methoxy groups -OCH3 is 2. The van der Waals surface area contributed by atoms with Crippen molar-refractivity contribution in [2.24, 2.45) is 0 Å². The molecular formula is C16H20ClNO2S. The van der Waals surface area contributed by atoms with E-state index < -0.39 is 0 Å². The molecule has 0 saturated heterocycles. The Morgan fingerprint density at radius 2 is 2.00 bits per heavy atom. The van der Waals surface area contributed by atoms with Gasteiger partial charge in [0.15, 0.2) is 0 Å². The fourth-order valence-electron chi connectivity index (χ4n) is 2.19. The van der Waals surface area contributed by atoms with Crippen LogP contribution in [0.4, 0.5) is 0 Å². The normalized spacial score (nSPS) is 12.2. The van der Waals surface area contributed by atoms with Crippen LogP contribution >= 0.6 is 22.9 Å². The molecule has 3 nitrogen and oxygen atoms in total. The van der Waals surface area contributed by atoms with Crippen molar-refractivity contribution < 1.29 is 9.47 Å². The molecule has 2 rings (SSSR count). The topological polar surface area (TPSA) is 30.5 Å². The largest absolute Gasteiger partial charge is 0.497 e. The zero-order chi connectivity index (χ0) is 15.2. The maximum atomic E-state index is 5.94. The molecular weight excluding hydrogens is 306 g/mol. The fraction of sp³-hybridized carbons (Fsp3) is 0.375. The average molecular weight is 326 g/mol. The van der Waals surface area contributed by atoms with Gasteiger partial charge in [-0.2, -0.15) is 0 Å². The lowest BCUT2D eigenvalue weighted by Gasteiger charge is -2.18. The summed E-state index contributed by atoms with van der Waals surface area (Å²) in [5.41, 5.74) is 1.10. The van der Waals surface area contributed by atoms with Crippen molar-refractivity contribution in [1.82, 2.24) is 5.32 Å². The Bertz CT molecular complexity index is 585. The van der Waals surface area contributed by atoms with Crippen LogP contribution in [0.2, 0.25) is 4.34 Å². The summed E-state index contributed by atoms with van der Waals surface area (Å²) in [6.45, 7) is 3.01. The van der Waals surface area contributed by atoms with Crippen LogP contribution in [0.15, 0.2) is 30.3 Å². The molecule has 0 radical (unpaired) electrons. The van der Waals surface area contributed by atoms with Crippen molar-refractivity contribution >= 4 is 22.9 Å². The molecule has 1 heterocycles. The Kier molecular flexibility index (Phi) is 5.91. The van der Waals surface area contributed by atoms with Gasteiger partial charge in [0.1, 0.15) is 11.5 Å². The van der Waals surface area contributed by atoms with E-state index in [2.05, 4.69) is 18.3 Å². The van der Waals surface area contributed by atoms with E-state index in [1.54, 1.807) is 25.6 Å². The number of rotatable bonds is 7. The molecule has 1 N–H and O–H groups in total. The minimum absolute atomic E-state index is 0.186. The van der Waals surface area contributed by atoms with Gasteiger partial charge in [-0.25, -0.2) is 0 Å². The first kappa shape index (κ1) is 16.1. The van der Waals surface area contributed by atoms with Gasteiger partial charge in [-0.15, -0.1) is 11.3 Å². The third kappa shape index (κ3) is 4.37. The maximum Gasteiger partial charge on any atom is 0.123 e. The van der Waals surface area contributed by atoms with E-state index in [4.69, 9.17) is 21.1 Å². The summed E-state index contributed by atoms with van der Waals surface area (Å²) in [6, 6.07) is 10.1. The van der Waals surface area contributed by atoms with Crippen molar-refractivity contribution in [2.45, 2.75) is 19.4 Å². The molecule has 0 aliphatic heterocycles.